The van der Waals surface area contributed by atoms with E-state index in [9.17, 15) is 4.79 Å². The molecule has 1 aromatic rings. The Morgan fingerprint density at radius 1 is 1.50 bits per heavy atom. The minimum absolute atomic E-state index is 0.132. The second kappa shape index (κ2) is 5.80. The molecular formula is C12H18N2OS. The van der Waals surface area contributed by atoms with E-state index in [4.69, 9.17) is 5.73 Å². The van der Waals surface area contributed by atoms with Crippen LogP contribution in [-0.2, 0) is 4.79 Å². The normalized spacial score (nSPS) is 10.2. The predicted molar refractivity (Wildman–Crippen MR) is 69.6 cm³/mol. The first-order valence-corrected chi connectivity index (χ1v) is 6.26. The number of hydrogen-bond acceptors (Lipinski definition) is 3. The van der Waals surface area contributed by atoms with Gasteiger partial charge in [-0.2, -0.15) is 0 Å². The molecule has 0 heterocycles. The van der Waals surface area contributed by atoms with Crippen molar-refractivity contribution < 1.29 is 4.79 Å². The van der Waals surface area contributed by atoms with Crippen molar-refractivity contribution in [3.05, 3.63) is 23.8 Å². The fourth-order valence-electron chi connectivity index (χ4n) is 1.23. The number of amides is 1. The fraction of sp³-hybridized carbons (Fsp3) is 0.417. The maximum atomic E-state index is 11.6. The van der Waals surface area contributed by atoms with Gasteiger partial charge in [0.2, 0.25) is 5.91 Å². The zero-order chi connectivity index (χ0) is 12.1. The molecule has 88 valence electrons. The number of carbonyl (C=O) groups is 1. The lowest BCUT2D eigenvalue weighted by molar-refractivity contribution is -0.126. The van der Waals surface area contributed by atoms with Crippen LogP contribution in [0.25, 0.3) is 0 Å². The van der Waals surface area contributed by atoms with Gasteiger partial charge >= 0.3 is 0 Å². The number of hydrogen-bond donors (Lipinski definition) is 1. The van der Waals surface area contributed by atoms with Crippen molar-refractivity contribution in [2.45, 2.75) is 18.7 Å². The molecule has 0 unspecified atom stereocenters. The lowest BCUT2D eigenvalue weighted by Crippen LogP contribution is -2.27. The first kappa shape index (κ1) is 12.9. The van der Waals surface area contributed by atoms with Gasteiger partial charge in [-0.15, -0.1) is 11.8 Å². The van der Waals surface area contributed by atoms with Crippen LogP contribution < -0.4 is 5.73 Å². The van der Waals surface area contributed by atoms with Crippen molar-refractivity contribution >= 4 is 23.4 Å². The molecule has 0 aliphatic heterocycles. The molecule has 2 N–H and O–H groups in total. The SMILES string of the molecule is CCN(C)C(=O)CSc1ccc(C)cc1N. The molecule has 1 amide bonds. The Bertz CT molecular complexity index is 379. The monoisotopic (exact) mass is 238 g/mol. The quantitative estimate of drug-likeness (QED) is 0.646. The Morgan fingerprint density at radius 2 is 2.19 bits per heavy atom. The summed E-state index contributed by atoms with van der Waals surface area (Å²) < 4.78 is 0. The Kier molecular flexibility index (Phi) is 4.68. The summed E-state index contributed by atoms with van der Waals surface area (Å²) in [5.41, 5.74) is 7.76. The van der Waals surface area contributed by atoms with E-state index >= 15 is 0 Å². The van der Waals surface area contributed by atoms with Gasteiger partial charge in [0.15, 0.2) is 0 Å². The van der Waals surface area contributed by atoms with Crippen LogP contribution in [0.2, 0.25) is 0 Å². The summed E-state index contributed by atoms with van der Waals surface area (Å²) in [5, 5.41) is 0. The van der Waals surface area contributed by atoms with E-state index in [0.29, 0.717) is 5.75 Å². The van der Waals surface area contributed by atoms with Gasteiger partial charge in [0.25, 0.3) is 0 Å². The number of nitrogens with zero attached hydrogens (tertiary/aromatic N) is 1. The lowest BCUT2D eigenvalue weighted by atomic mass is 10.2. The molecule has 0 radical (unpaired) electrons. The van der Waals surface area contributed by atoms with E-state index in [-0.39, 0.29) is 5.91 Å². The van der Waals surface area contributed by atoms with Gasteiger partial charge < -0.3 is 10.6 Å². The molecule has 0 saturated heterocycles. The Morgan fingerprint density at radius 3 is 2.75 bits per heavy atom. The van der Waals surface area contributed by atoms with Gasteiger partial charge in [-0.1, -0.05) is 6.07 Å². The van der Waals surface area contributed by atoms with Gasteiger partial charge in [0.1, 0.15) is 0 Å². The topological polar surface area (TPSA) is 46.3 Å². The molecule has 0 aliphatic rings. The molecular weight excluding hydrogens is 220 g/mol. The van der Waals surface area contributed by atoms with Crippen LogP contribution in [0.15, 0.2) is 23.1 Å². The molecule has 3 nitrogen and oxygen atoms in total. The highest BCUT2D eigenvalue weighted by molar-refractivity contribution is 8.00. The van der Waals surface area contributed by atoms with Crippen LogP contribution in [0.5, 0.6) is 0 Å². The highest BCUT2D eigenvalue weighted by Gasteiger charge is 2.08. The van der Waals surface area contributed by atoms with Gasteiger partial charge in [-0.3, -0.25) is 4.79 Å². The minimum Gasteiger partial charge on any atom is -0.398 e. The summed E-state index contributed by atoms with van der Waals surface area (Å²) in [6, 6.07) is 5.90. The van der Waals surface area contributed by atoms with Crippen molar-refractivity contribution in [2.24, 2.45) is 0 Å². The number of anilines is 1. The molecule has 0 spiro atoms. The van der Waals surface area contributed by atoms with E-state index in [1.165, 1.54) is 11.8 Å². The molecule has 1 aromatic carbocycles. The second-order valence-electron chi connectivity index (χ2n) is 3.74. The van der Waals surface area contributed by atoms with Crippen LogP contribution in [0, 0.1) is 6.92 Å². The summed E-state index contributed by atoms with van der Waals surface area (Å²) in [5.74, 6) is 0.574. The van der Waals surface area contributed by atoms with E-state index in [1.54, 1.807) is 11.9 Å². The molecule has 0 aromatic heterocycles. The molecule has 0 atom stereocenters. The second-order valence-corrected chi connectivity index (χ2v) is 4.76. The molecule has 4 heteroatoms. The van der Waals surface area contributed by atoms with Crippen molar-refractivity contribution in [1.29, 1.82) is 0 Å². The maximum absolute atomic E-state index is 11.6. The average Bonchev–Trinajstić information content (AvgIpc) is 2.26. The largest absolute Gasteiger partial charge is 0.398 e. The Labute approximate surface area is 101 Å². The first-order chi connectivity index (χ1) is 7.54. The number of carbonyl (C=O) groups excluding carboxylic acids is 1. The van der Waals surface area contributed by atoms with Crippen molar-refractivity contribution in [3.8, 4) is 0 Å². The molecule has 0 fully saturated rings. The molecule has 0 aliphatic carbocycles. The van der Waals surface area contributed by atoms with Crippen molar-refractivity contribution in [1.82, 2.24) is 4.90 Å². The zero-order valence-corrected chi connectivity index (χ0v) is 10.8. The fourth-order valence-corrected chi connectivity index (χ4v) is 2.11. The summed E-state index contributed by atoms with van der Waals surface area (Å²) in [4.78, 5) is 14.3. The van der Waals surface area contributed by atoms with Crippen LogP contribution in [0.1, 0.15) is 12.5 Å². The molecule has 16 heavy (non-hydrogen) atoms. The summed E-state index contributed by atoms with van der Waals surface area (Å²) >= 11 is 1.49. The van der Waals surface area contributed by atoms with Crippen LogP contribution in [-0.4, -0.2) is 30.2 Å². The number of nitrogens with two attached hydrogens (primary N) is 1. The van der Waals surface area contributed by atoms with Crippen molar-refractivity contribution in [2.75, 3.05) is 25.1 Å². The number of aryl methyl sites for hydroxylation is 1. The van der Waals surface area contributed by atoms with E-state index in [2.05, 4.69) is 0 Å². The van der Waals surface area contributed by atoms with E-state index in [1.807, 2.05) is 32.0 Å². The summed E-state index contributed by atoms with van der Waals surface area (Å²) in [6.45, 7) is 4.70. The van der Waals surface area contributed by atoms with Crippen molar-refractivity contribution in [3.63, 3.8) is 0 Å². The minimum atomic E-state index is 0.132. The zero-order valence-electron chi connectivity index (χ0n) is 9.99. The number of rotatable bonds is 4. The Balaban J connectivity index is 2.58. The lowest BCUT2D eigenvalue weighted by Gasteiger charge is -2.14. The predicted octanol–water partition coefficient (Wildman–Crippen LogP) is 2.15. The number of benzene rings is 1. The molecule has 0 bridgehead atoms. The van der Waals surface area contributed by atoms with E-state index < -0.39 is 0 Å². The Hall–Kier alpha value is -1.16. The third-order valence-electron chi connectivity index (χ3n) is 2.42. The molecule has 1 rings (SSSR count). The maximum Gasteiger partial charge on any atom is 0.232 e. The third kappa shape index (κ3) is 3.45. The van der Waals surface area contributed by atoms with Gasteiger partial charge in [-0.25, -0.2) is 0 Å². The van der Waals surface area contributed by atoms with Gasteiger partial charge in [0, 0.05) is 24.2 Å². The summed E-state index contributed by atoms with van der Waals surface area (Å²) in [6.07, 6.45) is 0. The van der Waals surface area contributed by atoms with Crippen LogP contribution >= 0.6 is 11.8 Å². The van der Waals surface area contributed by atoms with Crippen LogP contribution in [0.4, 0.5) is 5.69 Å². The summed E-state index contributed by atoms with van der Waals surface area (Å²) in [7, 11) is 1.81. The van der Waals surface area contributed by atoms with Gasteiger partial charge in [0.05, 0.1) is 5.75 Å². The third-order valence-corrected chi connectivity index (χ3v) is 3.49. The molecule has 0 saturated carbocycles. The highest BCUT2D eigenvalue weighted by Crippen LogP contribution is 2.25. The van der Waals surface area contributed by atoms with Crippen LogP contribution in [0.3, 0.4) is 0 Å². The highest BCUT2D eigenvalue weighted by atomic mass is 32.2. The number of nitrogen functional groups attached to an aromatic ring is 1. The van der Waals surface area contributed by atoms with E-state index in [0.717, 1.165) is 22.7 Å². The average molecular weight is 238 g/mol. The van der Waals surface area contributed by atoms with Gasteiger partial charge in [-0.05, 0) is 31.5 Å². The smallest absolute Gasteiger partial charge is 0.232 e. The first-order valence-electron chi connectivity index (χ1n) is 5.27. The standard InChI is InChI=1S/C12H18N2OS/c1-4-14(3)12(15)8-16-11-6-5-9(2)7-10(11)13/h5-7H,4,8,13H2,1-3H3. The number of thioether (sulfide) groups is 1.